The fourth-order valence-corrected chi connectivity index (χ4v) is 2.78. The first-order valence-electron chi connectivity index (χ1n) is 5.15. The van der Waals surface area contributed by atoms with Gasteiger partial charge in [-0.1, -0.05) is 46.7 Å². The fraction of sp³-hybridized carbons (Fsp3) is 0.273. The van der Waals surface area contributed by atoms with Crippen LogP contribution in [-0.4, -0.2) is 9.59 Å². The monoisotopic (exact) mass is 287 g/mol. The van der Waals surface area contributed by atoms with Gasteiger partial charge in [-0.05, 0) is 29.6 Å². The second kappa shape index (κ2) is 5.31. The van der Waals surface area contributed by atoms with E-state index in [1.165, 1.54) is 11.5 Å². The Morgan fingerprint density at radius 3 is 2.88 bits per heavy atom. The number of benzene rings is 1. The minimum Gasteiger partial charge on any atom is -0.319 e. The van der Waals surface area contributed by atoms with E-state index in [2.05, 4.69) is 9.59 Å². The molecule has 2 N–H and O–H groups in total. The Hall–Kier alpha value is -0.680. The highest BCUT2D eigenvalue weighted by atomic mass is 35.5. The minimum absolute atomic E-state index is 0.323. The molecule has 0 aliphatic carbocycles. The molecule has 0 amide bonds. The molecule has 1 unspecified atom stereocenters. The summed E-state index contributed by atoms with van der Waals surface area (Å²) in [6.07, 6.45) is 0.803. The first-order chi connectivity index (χ1) is 8.15. The van der Waals surface area contributed by atoms with Crippen molar-refractivity contribution in [3.63, 3.8) is 0 Å². The second-order valence-corrected chi connectivity index (χ2v) is 5.13. The zero-order valence-electron chi connectivity index (χ0n) is 9.15. The number of nitrogens with zero attached hydrogens (tertiary/aromatic N) is 2. The van der Waals surface area contributed by atoms with Gasteiger partial charge in [0.15, 0.2) is 0 Å². The van der Waals surface area contributed by atoms with Gasteiger partial charge in [-0.15, -0.1) is 5.10 Å². The summed E-state index contributed by atoms with van der Waals surface area (Å²) >= 11 is 13.4. The van der Waals surface area contributed by atoms with Crippen molar-refractivity contribution in [1.29, 1.82) is 0 Å². The SMILES string of the molecule is CCc1nnsc1C(N)c1cccc(Cl)c1Cl. The summed E-state index contributed by atoms with van der Waals surface area (Å²) in [7, 11) is 0. The van der Waals surface area contributed by atoms with Crippen LogP contribution in [0.2, 0.25) is 10.0 Å². The molecule has 0 aliphatic heterocycles. The molecule has 0 saturated heterocycles. The smallest absolute Gasteiger partial charge is 0.0804 e. The number of halogens is 2. The van der Waals surface area contributed by atoms with Crippen LogP contribution in [0.5, 0.6) is 0 Å². The third kappa shape index (κ3) is 2.45. The van der Waals surface area contributed by atoms with Gasteiger partial charge in [-0.2, -0.15) is 0 Å². The van der Waals surface area contributed by atoms with Gasteiger partial charge < -0.3 is 5.73 Å². The molecule has 17 heavy (non-hydrogen) atoms. The van der Waals surface area contributed by atoms with E-state index >= 15 is 0 Å². The normalized spacial score (nSPS) is 12.7. The highest BCUT2D eigenvalue weighted by molar-refractivity contribution is 7.05. The maximum absolute atomic E-state index is 6.19. The summed E-state index contributed by atoms with van der Waals surface area (Å²) in [5, 5.41) is 5.05. The Kier molecular flexibility index (Phi) is 3.99. The third-order valence-electron chi connectivity index (χ3n) is 2.52. The van der Waals surface area contributed by atoms with E-state index in [9.17, 15) is 0 Å². The largest absolute Gasteiger partial charge is 0.319 e. The standard InChI is InChI=1S/C11H11Cl2N3S/c1-2-8-11(17-16-15-8)10(14)6-4-3-5-7(12)9(6)13/h3-5,10H,2,14H2,1H3. The molecule has 3 nitrogen and oxygen atoms in total. The van der Waals surface area contributed by atoms with Crippen LogP contribution in [0.3, 0.4) is 0 Å². The van der Waals surface area contributed by atoms with E-state index in [-0.39, 0.29) is 6.04 Å². The van der Waals surface area contributed by atoms with E-state index in [0.717, 1.165) is 22.6 Å². The van der Waals surface area contributed by atoms with Crippen molar-refractivity contribution in [2.45, 2.75) is 19.4 Å². The molecule has 0 radical (unpaired) electrons. The van der Waals surface area contributed by atoms with E-state index in [1.54, 1.807) is 6.07 Å². The van der Waals surface area contributed by atoms with Crippen LogP contribution in [0, 0.1) is 0 Å². The zero-order chi connectivity index (χ0) is 12.4. The molecule has 1 aromatic carbocycles. The Bertz CT molecular complexity index is 527. The van der Waals surface area contributed by atoms with Crippen LogP contribution >= 0.6 is 34.7 Å². The number of aromatic nitrogens is 2. The van der Waals surface area contributed by atoms with Gasteiger partial charge in [0.25, 0.3) is 0 Å². The lowest BCUT2D eigenvalue weighted by atomic mass is 10.0. The van der Waals surface area contributed by atoms with Crippen molar-refractivity contribution in [3.8, 4) is 0 Å². The van der Waals surface area contributed by atoms with Gasteiger partial charge in [-0.25, -0.2) is 0 Å². The van der Waals surface area contributed by atoms with Crippen LogP contribution in [0.4, 0.5) is 0 Å². The lowest BCUT2D eigenvalue weighted by molar-refractivity contribution is 0.854. The molecule has 1 aromatic heterocycles. The highest BCUT2D eigenvalue weighted by Gasteiger charge is 2.19. The van der Waals surface area contributed by atoms with Gasteiger partial charge >= 0.3 is 0 Å². The van der Waals surface area contributed by atoms with Crippen LogP contribution in [0.25, 0.3) is 0 Å². The number of hydrogen-bond acceptors (Lipinski definition) is 4. The van der Waals surface area contributed by atoms with Gasteiger partial charge in [-0.3, -0.25) is 0 Å². The molecule has 0 aliphatic rings. The topological polar surface area (TPSA) is 51.8 Å². The average molecular weight is 288 g/mol. The van der Waals surface area contributed by atoms with Crippen molar-refractivity contribution >= 4 is 34.7 Å². The molecule has 90 valence electrons. The number of rotatable bonds is 3. The quantitative estimate of drug-likeness (QED) is 0.941. The molecule has 2 rings (SSSR count). The molecular weight excluding hydrogens is 277 g/mol. The van der Waals surface area contributed by atoms with Gasteiger partial charge in [0.2, 0.25) is 0 Å². The molecule has 1 heterocycles. The molecule has 6 heteroatoms. The third-order valence-corrected chi connectivity index (χ3v) is 4.20. The summed E-state index contributed by atoms with van der Waals surface area (Å²) in [4.78, 5) is 0.941. The molecule has 2 aromatic rings. The van der Waals surface area contributed by atoms with Crippen molar-refractivity contribution in [3.05, 3.63) is 44.4 Å². The predicted molar refractivity (Wildman–Crippen MR) is 71.8 cm³/mol. The van der Waals surface area contributed by atoms with Crippen molar-refractivity contribution in [2.75, 3.05) is 0 Å². The lowest BCUT2D eigenvalue weighted by Crippen LogP contribution is -2.12. The predicted octanol–water partition coefficient (Wildman–Crippen LogP) is 3.46. The van der Waals surface area contributed by atoms with Crippen molar-refractivity contribution in [2.24, 2.45) is 5.73 Å². The lowest BCUT2D eigenvalue weighted by Gasteiger charge is -2.13. The van der Waals surface area contributed by atoms with E-state index in [4.69, 9.17) is 28.9 Å². The van der Waals surface area contributed by atoms with E-state index < -0.39 is 0 Å². The molecule has 0 fully saturated rings. The number of aryl methyl sites for hydroxylation is 1. The summed E-state index contributed by atoms with van der Waals surface area (Å²) < 4.78 is 3.93. The van der Waals surface area contributed by atoms with Gasteiger partial charge in [0.05, 0.1) is 26.7 Å². The van der Waals surface area contributed by atoms with Gasteiger partial charge in [0, 0.05) is 0 Å². The Labute approximate surface area is 114 Å². The highest BCUT2D eigenvalue weighted by Crippen LogP contribution is 2.33. The summed E-state index contributed by atoms with van der Waals surface area (Å²) in [6, 6.07) is 5.13. The summed E-state index contributed by atoms with van der Waals surface area (Å²) in [5.74, 6) is 0. The Morgan fingerprint density at radius 1 is 1.41 bits per heavy atom. The maximum Gasteiger partial charge on any atom is 0.0804 e. The number of nitrogens with two attached hydrogens (primary N) is 1. The van der Waals surface area contributed by atoms with Crippen LogP contribution < -0.4 is 5.73 Å². The average Bonchev–Trinajstić information content (AvgIpc) is 2.80. The molecular formula is C11H11Cl2N3S. The van der Waals surface area contributed by atoms with E-state index in [0.29, 0.717) is 10.0 Å². The minimum atomic E-state index is -0.323. The maximum atomic E-state index is 6.19. The van der Waals surface area contributed by atoms with Gasteiger partial charge in [0.1, 0.15) is 0 Å². The van der Waals surface area contributed by atoms with Crippen LogP contribution in [0.1, 0.15) is 29.1 Å². The second-order valence-electron chi connectivity index (χ2n) is 3.56. The van der Waals surface area contributed by atoms with E-state index in [1.807, 2.05) is 19.1 Å². The summed E-state index contributed by atoms with van der Waals surface area (Å²) in [6.45, 7) is 2.02. The summed E-state index contributed by atoms with van der Waals surface area (Å²) in [5.41, 5.74) is 7.91. The zero-order valence-corrected chi connectivity index (χ0v) is 11.5. The van der Waals surface area contributed by atoms with Crippen molar-refractivity contribution < 1.29 is 0 Å². The Balaban J connectivity index is 2.44. The van der Waals surface area contributed by atoms with Crippen LogP contribution in [0.15, 0.2) is 18.2 Å². The first kappa shape index (κ1) is 12.8. The first-order valence-corrected chi connectivity index (χ1v) is 6.68. The molecule has 0 saturated carbocycles. The van der Waals surface area contributed by atoms with Crippen molar-refractivity contribution in [1.82, 2.24) is 9.59 Å². The Morgan fingerprint density at radius 2 is 2.18 bits per heavy atom. The molecule has 0 bridgehead atoms. The fourth-order valence-electron chi connectivity index (χ4n) is 1.60. The van der Waals surface area contributed by atoms with Crippen LogP contribution in [-0.2, 0) is 6.42 Å². The number of hydrogen-bond donors (Lipinski definition) is 1. The molecule has 1 atom stereocenters. The molecule has 0 spiro atoms.